The van der Waals surface area contributed by atoms with Gasteiger partial charge in [0.05, 0.1) is 6.33 Å². The van der Waals surface area contributed by atoms with Gasteiger partial charge in [-0.15, -0.1) is 0 Å². The van der Waals surface area contributed by atoms with Crippen molar-refractivity contribution >= 4 is 6.08 Å². The fourth-order valence-corrected chi connectivity index (χ4v) is 1.09. The molecule has 1 aromatic rings. The zero-order chi connectivity index (χ0) is 8.39. The molecule has 62 valence electrons. The molecule has 0 bridgehead atoms. The van der Waals surface area contributed by atoms with E-state index in [1.807, 2.05) is 0 Å². The Labute approximate surface area is 69.2 Å². The van der Waals surface area contributed by atoms with E-state index in [1.165, 1.54) is 6.08 Å². The highest BCUT2D eigenvalue weighted by Gasteiger charge is 2.11. The second-order valence-electron chi connectivity index (χ2n) is 2.41. The Kier molecular flexibility index (Phi) is 1.70. The number of hydrogen-bond acceptors (Lipinski definition) is 2. The quantitative estimate of drug-likeness (QED) is 0.637. The molecule has 0 N–H and O–H groups in total. The third kappa shape index (κ3) is 1.13. The van der Waals surface area contributed by atoms with Gasteiger partial charge in [-0.25, -0.2) is 4.39 Å². The molecule has 0 fully saturated rings. The van der Waals surface area contributed by atoms with Gasteiger partial charge in [0.2, 0.25) is 6.79 Å². The Morgan fingerprint density at radius 2 is 2.08 bits per heavy atom. The number of benzene rings is 1. The first kappa shape index (κ1) is 7.16. The number of hydrogen-bond donors (Lipinski definition) is 0. The van der Waals surface area contributed by atoms with E-state index in [-0.39, 0.29) is 6.79 Å². The summed E-state index contributed by atoms with van der Waals surface area (Å²) in [4.78, 5) is 0. The van der Waals surface area contributed by atoms with Crippen molar-refractivity contribution in [3.8, 4) is 11.5 Å². The number of rotatable bonds is 1. The number of fused-ring (bicyclic) bond motifs is 1. The maximum atomic E-state index is 11.8. The van der Waals surface area contributed by atoms with Gasteiger partial charge in [0.1, 0.15) is 0 Å². The van der Waals surface area contributed by atoms with Crippen molar-refractivity contribution < 1.29 is 13.9 Å². The monoisotopic (exact) mass is 166 g/mol. The van der Waals surface area contributed by atoms with Crippen LogP contribution in [0.1, 0.15) is 5.56 Å². The van der Waals surface area contributed by atoms with Crippen molar-refractivity contribution in [2.45, 2.75) is 0 Å². The van der Waals surface area contributed by atoms with Crippen LogP contribution in [0.2, 0.25) is 0 Å². The zero-order valence-corrected chi connectivity index (χ0v) is 6.29. The molecule has 0 saturated heterocycles. The van der Waals surface area contributed by atoms with E-state index in [1.54, 1.807) is 18.2 Å². The summed E-state index contributed by atoms with van der Waals surface area (Å²) in [6.45, 7) is 0.248. The minimum Gasteiger partial charge on any atom is -0.454 e. The Balaban J connectivity index is 2.38. The number of ether oxygens (including phenoxy) is 2. The predicted octanol–water partition coefficient (Wildman–Crippen LogP) is 2.36. The summed E-state index contributed by atoms with van der Waals surface area (Å²) in [6.07, 6.45) is 1.86. The van der Waals surface area contributed by atoms with E-state index in [9.17, 15) is 4.39 Å². The summed E-state index contributed by atoms with van der Waals surface area (Å²) in [5.41, 5.74) is 0.766. The Morgan fingerprint density at radius 1 is 1.25 bits per heavy atom. The number of halogens is 1. The molecule has 0 aromatic heterocycles. The summed E-state index contributed by atoms with van der Waals surface area (Å²) in [6, 6.07) is 5.26. The van der Waals surface area contributed by atoms with Crippen molar-refractivity contribution in [3.05, 3.63) is 30.1 Å². The largest absolute Gasteiger partial charge is 0.454 e. The van der Waals surface area contributed by atoms with Crippen LogP contribution in [0.25, 0.3) is 6.08 Å². The van der Waals surface area contributed by atoms with Crippen LogP contribution in [0, 0.1) is 0 Å². The summed E-state index contributed by atoms with van der Waals surface area (Å²) >= 11 is 0. The van der Waals surface area contributed by atoms with Crippen molar-refractivity contribution in [2.75, 3.05) is 6.79 Å². The smallest absolute Gasteiger partial charge is 0.231 e. The SMILES string of the molecule is F/C=C/c1ccc2c(c1)OCO2. The van der Waals surface area contributed by atoms with Crippen molar-refractivity contribution in [1.29, 1.82) is 0 Å². The summed E-state index contributed by atoms with van der Waals surface area (Å²) in [5.74, 6) is 1.39. The molecule has 0 radical (unpaired) electrons. The average molecular weight is 166 g/mol. The minimum atomic E-state index is 0.248. The fraction of sp³-hybridized carbons (Fsp3) is 0.111. The van der Waals surface area contributed by atoms with E-state index in [2.05, 4.69) is 0 Å². The van der Waals surface area contributed by atoms with Crippen LogP contribution >= 0.6 is 0 Å². The highest BCUT2D eigenvalue weighted by molar-refractivity contribution is 5.55. The molecule has 0 atom stereocenters. The van der Waals surface area contributed by atoms with E-state index in [0.29, 0.717) is 17.8 Å². The first-order chi connectivity index (χ1) is 5.90. The average Bonchev–Trinajstić information content (AvgIpc) is 2.51. The van der Waals surface area contributed by atoms with Gasteiger partial charge in [0.25, 0.3) is 0 Å². The summed E-state index contributed by atoms with van der Waals surface area (Å²) in [7, 11) is 0. The molecular formula is C9H7FO2. The van der Waals surface area contributed by atoms with Crippen LogP contribution in [-0.2, 0) is 0 Å². The highest BCUT2D eigenvalue weighted by Crippen LogP contribution is 2.32. The lowest BCUT2D eigenvalue weighted by atomic mass is 10.2. The van der Waals surface area contributed by atoms with Crippen LogP contribution in [0.4, 0.5) is 4.39 Å². The Hall–Kier alpha value is -1.51. The molecular weight excluding hydrogens is 159 g/mol. The van der Waals surface area contributed by atoms with Crippen LogP contribution in [0.3, 0.4) is 0 Å². The van der Waals surface area contributed by atoms with Gasteiger partial charge in [-0.2, -0.15) is 0 Å². The first-order valence-corrected chi connectivity index (χ1v) is 3.56. The molecule has 12 heavy (non-hydrogen) atoms. The third-order valence-electron chi connectivity index (χ3n) is 1.65. The molecule has 1 aliphatic heterocycles. The molecule has 2 rings (SSSR count). The molecule has 1 aromatic carbocycles. The molecule has 0 amide bonds. The molecule has 1 heterocycles. The normalized spacial score (nSPS) is 14.1. The van der Waals surface area contributed by atoms with Crippen LogP contribution in [0.15, 0.2) is 24.5 Å². The Morgan fingerprint density at radius 3 is 2.92 bits per heavy atom. The summed E-state index contributed by atoms with van der Waals surface area (Å²) < 4.78 is 22.0. The van der Waals surface area contributed by atoms with Crippen molar-refractivity contribution in [1.82, 2.24) is 0 Å². The van der Waals surface area contributed by atoms with E-state index >= 15 is 0 Å². The van der Waals surface area contributed by atoms with E-state index in [0.717, 1.165) is 5.56 Å². The first-order valence-electron chi connectivity index (χ1n) is 3.56. The lowest BCUT2D eigenvalue weighted by molar-refractivity contribution is 0.174. The van der Waals surface area contributed by atoms with Gasteiger partial charge in [-0.3, -0.25) is 0 Å². The summed E-state index contributed by atoms with van der Waals surface area (Å²) in [5, 5.41) is 0. The molecule has 0 unspecified atom stereocenters. The second kappa shape index (κ2) is 2.85. The maximum absolute atomic E-state index is 11.8. The molecule has 0 saturated carbocycles. The third-order valence-corrected chi connectivity index (χ3v) is 1.65. The standard InChI is InChI=1S/C9H7FO2/c10-4-3-7-1-2-8-9(5-7)12-6-11-8/h1-5H,6H2/b4-3+. The highest BCUT2D eigenvalue weighted by atomic mass is 19.1. The lowest BCUT2D eigenvalue weighted by Gasteiger charge is -1.95. The van der Waals surface area contributed by atoms with Gasteiger partial charge in [0, 0.05) is 0 Å². The molecule has 1 aliphatic rings. The maximum Gasteiger partial charge on any atom is 0.231 e. The van der Waals surface area contributed by atoms with Gasteiger partial charge >= 0.3 is 0 Å². The lowest BCUT2D eigenvalue weighted by Crippen LogP contribution is -1.92. The predicted molar refractivity (Wildman–Crippen MR) is 42.7 cm³/mol. The van der Waals surface area contributed by atoms with Gasteiger partial charge in [-0.05, 0) is 23.8 Å². The van der Waals surface area contributed by atoms with E-state index < -0.39 is 0 Å². The van der Waals surface area contributed by atoms with Crippen molar-refractivity contribution in [2.24, 2.45) is 0 Å². The minimum absolute atomic E-state index is 0.248. The topological polar surface area (TPSA) is 18.5 Å². The van der Waals surface area contributed by atoms with Gasteiger partial charge in [-0.1, -0.05) is 6.07 Å². The zero-order valence-electron chi connectivity index (χ0n) is 6.29. The van der Waals surface area contributed by atoms with Crippen LogP contribution < -0.4 is 9.47 Å². The molecule has 2 nitrogen and oxygen atoms in total. The fourth-order valence-electron chi connectivity index (χ4n) is 1.09. The van der Waals surface area contributed by atoms with Gasteiger partial charge in [0.15, 0.2) is 11.5 Å². The van der Waals surface area contributed by atoms with Crippen LogP contribution in [-0.4, -0.2) is 6.79 Å². The molecule has 0 aliphatic carbocycles. The van der Waals surface area contributed by atoms with Crippen molar-refractivity contribution in [3.63, 3.8) is 0 Å². The molecule has 0 spiro atoms. The molecule has 3 heteroatoms. The van der Waals surface area contributed by atoms with Crippen LogP contribution in [0.5, 0.6) is 11.5 Å². The Bertz CT molecular complexity index is 320. The van der Waals surface area contributed by atoms with Gasteiger partial charge < -0.3 is 9.47 Å². The van der Waals surface area contributed by atoms with E-state index in [4.69, 9.17) is 9.47 Å². The second-order valence-corrected chi connectivity index (χ2v) is 2.41.